The number of aromatic nitrogens is 2. The van der Waals surface area contributed by atoms with Crippen LogP contribution in [0.5, 0.6) is 0 Å². The molecule has 2 rings (SSSR count). The number of rotatable bonds is 6. The minimum absolute atomic E-state index is 0.214. The third kappa shape index (κ3) is 7.05. The van der Waals surface area contributed by atoms with E-state index < -0.39 is 5.60 Å². The second-order valence-electron chi connectivity index (χ2n) is 8.22. The van der Waals surface area contributed by atoms with Crippen molar-refractivity contribution in [2.24, 2.45) is 10.9 Å². The predicted octanol–water partition coefficient (Wildman–Crippen LogP) is 2.43. The molecule has 0 saturated carbocycles. The van der Waals surface area contributed by atoms with Crippen LogP contribution in [0.15, 0.2) is 23.7 Å². The van der Waals surface area contributed by atoms with E-state index in [2.05, 4.69) is 20.2 Å². The SMILES string of the molecule is CCN(CC1CCN(C(=NC)NCCn2ccnc2)CC1)C(=O)OC(C)(C)C. The van der Waals surface area contributed by atoms with Crippen LogP contribution in [0.3, 0.4) is 0 Å². The molecule has 1 fully saturated rings. The Morgan fingerprint density at radius 2 is 2.07 bits per heavy atom. The van der Waals surface area contributed by atoms with Crippen LogP contribution in [-0.4, -0.2) is 76.8 Å². The molecule has 2 heterocycles. The van der Waals surface area contributed by atoms with Crippen LogP contribution in [0.4, 0.5) is 4.79 Å². The molecule has 0 unspecified atom stereocenters. The van der Waals surface area contributed by atoms with Crippen molar-refractivity contribution < 1.29 is 9.53 Å². The molecule has 8 nitrogen and oxygen atoms in total. The van der Waals surface area contributed by atoms with E-state index in [4.69, 9.17) is 4.74 Å². The van der Waals surface area contributed by atoms with Gasteiger partial charge in [-0.1, -0.05) is 0 Å². The highest BCUT2D eigenvalue weighted by atomic mass is 16.6. The van der Waals surface area contributed by atoms with Crippen LogP contribution in [-0.2, 0) is 11.3 Å². The largest absolute Gasteiger partial charge is 0.444 e. The maximum Gasteiger partial charge on any atom is 0.410 e. The fraction of sp³-hybridized carbons (Fsp3) is 0.750. The van der Waals surface area contributed by atoms with E-state index in [1.54, 1.807) is 6.20 Å². The summed E-state index contributed by atoms with van der Waals surface area (Å²) in [7, 11) is 1.83. The van der Waals surface area contributed by atoms with Gasteiger partial charge in [-0.15, -0.1) is 0 Å². The van der Waals surface area contributed by atoms with Gasteiger partial charge in [0.25, 0.3) is 0 Å². The number of carbonyl (C=O) groups excluding carboxylic acids is 1. The lowest BCUT2D eigenvalue weighted by Crippen LogP contribution is -2.48. The van der Waals surface area contributed by atoms with E-state index >= 15 is 0 Å². The van der Waals surface area contributed by atoms with Gasteiger partial charge in [-0.05, 0) is 46.5 Å². The Labute approximate surface area is 169 Å². The molecule has 28 heavy (non-hydrogen) atoms. The van der Waals surface area contributed by atoms with E-state index in [0.29, 0.717) is 12.5 Å². The molecule has 0 atom stereocenters. The molecule has 158 valence electrons. The van der Waals surface area contributed by atoms with E-state index in [1.807, 2.05) is 56.7 Å². The smallest absolute Gasteiger partial charge is 0.410 e. The monoisotopic (exact) mass is 392 g/mol. The van der Waals surface area contributed by atoms with Crippen molar-refractivity contribution in [1.29, 1.82) is 0 Å². The summed E-state index contributed by atoms with van der Waals surface area (Å²) in [5, 5.41) is 3.43. The molecule has 1 amide bonds. The second-order valence-corrected chi connectivity index (χ2v) is 8.22. The fourth-order valence-electron chi connectivity index (χ4n) is 3.35. The fourth-order valence-corrected chi connectivity index (χ4v) is 3.35. The second kappa shape index (κ2) is 10.3. The molecule has 1 aliphatic heterocycles. The predicted molar refractivity (Wildman–Crippen MR) is 111 cm³/mol. The van der Waals surface area contributed by atoms with Gasteiger partial charge in [0, 0.05) is 58.7 Å². The van der Waals surface area contributed by atoms with E-state index in [0.717, 1.165) is 51.5 Å². The quantitative estimate of drug-likeness (QED) is 0.594. The summed E-state index contributed by atoms with van der Waals surface area (Å²) in [6.07, 6.45) is 7.44. The maximum atomic E-state index is 12.4. The lowest BCUT2D eigenvalue weighted by atomic mass is 9.96. The zero-order valence-electron chi connectivity index (χ0n) is 18.0. The number of carbonyl (C=O) groups is 1. The molecule has 0 spiro atoms. The summed E-state index contributed by atoms with van der Waals surface area (Å²) in [6.45, 7) is 12.7. The van der Waals surface area contributed by atoms with Crippen molar-refractivity contribution in [2.75, 3.05) is 39.8 Å². The van der Waals surface area contributed by atoms with Gasteiger partial charge in [0.05, 0.1) is 6.33 Å². The van der Waals surface area contributed by atoms with Crippen LogP contribution < -0.4 is 5.32 Å². The Kier molecular flexibility index (Phi) is 8.14. The zero-order chi connectivity index (χ0) is 20.6. The number of nitrogens with zero attached hydrogens (tertiary/aromatic N) is 5. The Hall–Kier alpha value is -2.25. The van der Waals surface area contributed by atoms with Crippen LogP contribution in [0, 0.1) is 5.92 Å². The first-order valence-electron chi connectivity index (χ1n) is 10.2. The van der Waals surface area contributed by atoms with Gasteiger partial charge in [-0.25, -0.2) is 9.78 Å². The van der Waals surface area contributed by atoms with Crippen molar-refractivity contribution in [3.63, 3.8) is 0 Å². The topological polar surface area (TPSA) is 75.0 Å². The summed E-state index contributed by atoms with van der Waals surface area (Å²) in [5.41, 5.74) is -0.456. The van der Waals surface area contributed by atoms with Gasteiger partial charge in [-0.2, -0.15) is 0 Å². The number of aliphatic imine (C=N–C) groups is 1. The Bertz CT molecular complexity index is 615. The van der Waals surface area contributed by atoms with Gasteiger partial charge in [-0.3, -0.25) is 4.99 Å². The number of likely N-dealkylation sites (tertiary alicyclic amines) is 1. The van der Waals surface area contributed by atoms with Gasteiger partial charge in [0.2, 0.25) is 0 Å². The molecule has 0 aliphatic carbocycles. The highest BCUT2D eigenvalue weighted by Gasteiger charge is 2.27. The van der Waals surface area contributed by atoms with Gasteiger partial charge >= 0.3 is 6.09 Å². The number of hydrogen-bond donors (Lipinski definition) is 1. The molecule has 8 heteroatoms. The Morgan fingerprint density at radius 3 is 2.61 bits per heavy atom. The maximum absolute atomic E-state index is 12.4. The Balaban J connectivity index is 1.76. The summed E-state index contributed by atoms with van der Waals surface area (Å²) < 4.78 is 7.57. The molecule has 0 radical (unpaired) electrons. The number of piperidine rings is 1. The highest BCUT2D eigenvalue weighted by molar-refractivity contribution is 5.79. The molecular weight excluding hydrogens is 356 g/mol. The number of nitrogens with one attached hydrogen (secondary N) is 1. The highest BCUT2D eigenvalue weighted by Crippen LogP contribution is 2.20. The minimum Gasteiger partial charge on any atom is -0.444 e. The van der Waals surface area contributed by atoms with Crippen molar-refractivity contribution in [3.05, 3.63) is 18.7 Å². The number of guanidine groups is 1. The van der Waals surface area contributed by atoms with Gasteiger partial charge < -0.3 is 24.4 Å². The van der Waals surface area contributed by atoms with Crippen LogP contribution in [0.25, 0.3) is 0 Å². The third-order valence-corrected chi connectivity index (χ3v) is 4.85. The average molecular weight is 393 g/mol. The summed E-state index contributed by atoms with van der Waals surface area (Å²) in [6, 6.07) is 0. The standard InChI is InChI=1S/C20H36N6O2/c1-6-25(19(27)28-20(2,3)4)15-17-7-11-26(12-8-17)18(21-5)23-10-14-24-13-9-22-16-24/h9,13,16-17H,6-8,10-12,14-15H2,1-5H3,(H,21,23). The number of ether oxygens (including phenoxy) is 1. The first-order chi connectivity index (χ1) is 13.3. The van der Waals surface area contributed by atoms with Crippen molar-refractivity contribution in [3.8, 4) is 0 Å². The third-order valence-electron chi connectivity index (χ3n) is 4.85. The zero-order valence-corrected chi connectivity index (χ0v) is 18.0. The average Bonchev–Trinajstić information content (AvgIpc) is 3.16. The van der Waals surface area contributed by atoms with E-state index in [-0.39, 0.29) is 6.09 Å². The summed E-state index contributed by atoms with van der Waals surface area (Å²) in [5.74, 6) is 1.44. The van der Waals surface area contributed by atoms with Crippen molar-refractivity contribution >= 4 is 12.1 Å². The normalized spacial score (nSPS) is 16.2. The lowest BCUT2D eigenvalue weighted by molar-refractivity contribution is 0.0214. The molecule has 1 aliphatic rings. The lowest BCUT2D eigenvalue weighted by Gasteiger charge is -2.36. The van der Waals surface area contributed by atoms with Crippen LogP contribution >= 0.6 is 0 Å². The number of amides is 1. The molecule has 1 aromatic rings. The number of hydrogen-bond acceptors (Lipinski definition) is 4. The Morgan fingerprint density at radius 1 is 1.36 bits per heavy atom. The summed E-state index contributed by atoms with van der Waals surface area (Å²) in [4.78, 5) is 25.0. The molecule has 1 saturated heterocycles. The first-order valence-corrected chi connectivity index (χ1v) is 10.2. The van der Waals surface area contributed by atoms with E-state index in [9.17, 15) is 4.79 Å². The van der Waals surface area contributed by atoms with E-state index in [1.165, 1.54) is 0 Å². The first kappa shape index (κ1) is 22.0. The van der Waals surface area contributed by atoms with Gasteiger partial charge in [0.15, 0.2) is 5.96 Å². The van der Waals surface area contributed by atoms with Crippen molar-refractivity contribution in [2.45, 2.75) is 52.7 Å². The molecule has 1 N–H and O–H groups in total. The molecule has 0 bridgehead atoms. The van der Waals surface area contributed by atoms with Crippen LogP contribution in [0.2, 0.25) is 0 Å². The van der Waals surface area contributed by atoms with Crippen LogP contribution in [0.1, 0.15) is 40.5 Å². The number of imidazole rings is 1. The molecule has 0 aromatic carbocycles. The molecule has 1 aromatic heterocycles. The molecular formula is C20H36N6O2. The van der Waals surface area contributed by atoms with Crippen molar-refractivity contribution in [1.82, 2.24) is 24.7 Å². The summed E-state index contributed by atoms with van der Waals surface area (Å²) >= 11 is 0. The van der Waals surface area contributed by atoms with Gasteiger partial charge in [0.1, 0.15) is 5.60 Å². The minimum atomic E-state index is -0.456.